The van der Waals surface area contributed by atoms with Gasteiger partial charge in [0.15, 0.2) is 0 Å². The SMILES string of the molecule is C=C[C@H]1CN2CCC1C[C@H]2Cc1ccnc2ccc(OC)cc12. The maximum atomic E-state index is 5.40. The Labute approximate surface area is 138 Å². The highest BCUT2D eigenvalue weighted by molar-refractivity contribution is 5.83. The fourth-order valence-corrected chi connectivity index (χ4v) is 4.40. The zero-order valence-electron chi connectivity index (χ0n) is 13.7. The number of rotatable bonds is 4. The quantitative estimate of drug-likeness (QED) is 0.806. The molecule has 0 amide bonds. The summed E-state index contributed by atoms with van der Waals surface area (Å²) in [6, 6.07) is 9.00. The van der Waals surface area contributed by atoms with Crippen molar-refractivity contribution in [3.05, 3.63) is 48.7 Å². The normalized spacial score (nSPS) is 29.6. The average Bonchev–Trinajstić information content (AvgIpc) is 2.62. The molecule has 0 saturated carbocycles. The van der Waals surface area contributed by atoms with Crippen molar-refractivity contribution in [2.75, 3.05) is 20.2 Å². The standard InChI is InChI=1S/C20H24N2O/c1-3-14-13-22-9-7-15(14)10-17(22)11-16-6-8-21-20-5-4-18(23-2)12-19(16)20/h3-6,8,12,14-15,17H,1,7,9-11,13H2,2H3/t14-,15?,17-/m0/s1. The first kappa shape index (κ1) is 14.7. The van der Waals surface area contributed by atoms with Crippen LogP contribution >= 0.6 is 0 Å². The topological polar surface area (TPSA) is 25.4 Å². The lowest BCUT2D eigenvalue weighted by molar-refractivity contribution is 0.0196. The van der Waals surface area contributed by atoms with Gasteiger partial charge < -0.3 is 4.74 Å². The van der Waals surface area contributed by atoms with Crippen molar-refractivity contribution >= 4 is 10.9 Å². The van der Waals surface area contributed by atoms with E-state index in [0.717, 1.165) is 23.6 Å². The molecule has 3 fully saturated rings. The Balaban J connectivity index is 1.62. The van der Waals surface area contributed by atoms with Crippen molar-refractivity contribution in [1.29, 1.82) is 0 Å². The number of hydrogen-bond donors (Lipinski definition) is 0. The summed E-state index contributed by atoms with van der Waals surface area (Å²) < 4.78 is 5.40. The number of aromatic nitrogens is 1. The summed E-state index contributed by atoms with van der Waals surface area (Å²) in [7, 11) is 1.72. The fourth-order valence-electron chi connectivity index (χ4n) is 4.40. The molecule has 4 atom stereocenters. The number of nitrogens with zero attached hydrogens (tertiary/aromatic N) is 2. The first-order valence-electron chi connectivity index (χ1n) is 8.56. The van der Waals surface area contributed by atoms with E-state index in [-0.39, 0.29) is 0 Å². The van der Waals surface area contributed by atoms with Gasteiger partial charge in [0.05, 0.1) is 12.6 Å². The molecule has 3 heteroatoms. The molecule has 0 N–H and O–H groups in total. The lowest BCUT2D eigenvalue weighted by Gasteiger charge is -2.49. The first-order valence-corrected chi connectivity index (χ1v) is 8.56. The minimum atomic E-state index is 0.654. The van der Waals surface area contributed by atoms with E-state index in [4.69, 9.17) is 4.74 Å². The van der Waals surface area contributed by atoms with Crippen LogP contribution in [0.1, 0.15) is 18.4 Å². The van der Waals surface area contributed by atoms with Gasteiger partial charge in [-0.1, -0.05) is 6.08 Å². The van der Waals surface area contributed by atoms with Crippen LogP contribution in [-0.2, 0) is 6.42 Å². The van der Waals surface area contributed by atoms with E-state index >= 15 is 0 Å². The van der Waals surface area contributed by atoms with Crippen molar-refractivity contribution in [3.8, 4) is 5.75 Å². The molecule has 1 aromatic carbocycles. The van der Waals surface area contributed by atoms with Crippen molar-refractivity contribution in [2.45, 2.75) is 25.3 Å². The minimum absolute atomic E-state index is 0.654. The first-order chi connectivity index (χ1) is 11.3. The summed E-state index contributed by atoms with van der Waals surface area (Å²) in [5.74, 6) is 2.42. The predicted molar refractivity (Wildman–Crippen MR) is 93.8 cm³/mol. The molecule has 4 heterocycles. The molecule has 0 spiro atoms. The van der Waals surface area contributed by atoms with Gasteiger partial charge >= 0.3 is 0 Å². The zero-order valence-corrected chi connectivity index (χ0v) is 13.7. The summed E-state index contributed by atoms with van der Waals surface area (Å²) in [5.41, 5.74) is 2.45. The summed E-state index contributed by atoms with van der Waals surface area (Å²) in [6.07, 6.45) is 7.84. The molecule has 2 aromatic rings. The predicted octanol–water partition coefficient (Wildman–Crippen LogP) is 3.68. The van der Waals surface area contributed by atoms with Gasteiger partial charge in [-0.15, -0.1) is 6.58 Å². The van der Waals surface area contributed by atoms with Crippen LogP contribution in [0.2, 0.25) is 0 Å². The Bertz CT molecular complexity index is 727. The second-order valence-electron chi connectivity index (χ2n) is 6.89. The van der Waals surface area contributed by atoms with Gasteiger partial charge in [0, 0.05) is 24.2 Å². The van der Waals surface area contributed by atoms with Gasteiger partial charge in [0.2, 0.25) is 0 Å². The van der Waals surface area contributed by atoms with Gasteiger partial charge in [0.1, 0.15) is 5.75 Å². The summed E-state index contributed by atoms with van der Waals surface area (Å²) in [6.45, 7) is 6.45. The van der Waals surface area contributed by atoms with Crippen LogP contribution in [0, 0.1) is 11.8 Å². The second-order valence-corrected chi connectivity index (χ2v) is 6.89. The fraction of sp³-hybridized carbons (Fsp3) is 0.450. The van der Waals surface area contributed by atoms with E-state index in [1.807, 2.05) is 12.3 Å². The van der Waals surface area contributed by atoms with Crippen molar-refractivity contribution in [2.24, 2.45) is 11.8 Å². The molecule has 3 saturated heterocycles. The number of fused-ring (bicyclic) bond motifs is 4. The third kappa shape index (κ3) is 2.63. The number of hydrogen-bond acceptors (Lipinski definition) is 3. The van der Waals surface area contributed by atoms with Crippen LogP contribution in [0.25, 0.3) is 10.9 Å². The van der Waals surface area contributed by atoms with E-state index in [9.17, 15) is 0 Å². The van der Waals surface area contributed by atoms with Crippen LogP contribution in [0.3, 0.4) is 0 Å². The number of methoxy groups -OCH3 is 1. The van der Waals surface area contributed by atoms with Crippen LogP contribution in [0.5, 0.6) is 5.75 Å². The second kappa shape index (κ2) is 5.97. The average molecular weight is 308 g/mol. The molecule has 5 rings (SSSR count). The number of benzene rings is 1. The monoisotopic (exact) mass is 308 g/mol. The van der Waals surface area contributed by atoms with Gasteiger partial charge in [0.25, 0.3) is 0 Å². The smallest absolute Gasteiger partial charge is 0.119 e. The Hall–Kier alpha value is -1.87. The Morgan fingerprint density at radius 1 is 1.39 bits per heavy atom. The maximum absolute atomic E-state index is 5.40. The minimum Gasteiger partial charge on any atom is -0.497 e. The van der Waals surface area contributed by atoms with Crippen LogP contribution < -0.4 is 4.74 Å². The van der Waals surface area contributed by atoms with Gasteiger partial charge in [-0.2, -0.15) is 0 Å². The number of piperidine rings is 3. The lowest BCUT2D eigenvalue weighted by Crippen LogP contribution is -2.53. The third-order valence-corrected chi connectivity index (χ3v) is 5.73. The lowest BCUT2D eigenvalue weighted by atomic mass is 9.74. The third-order valence-electron chi connectivity index (χ3n) is 5.73. The van der Waals surface area contributed by atoms with E-state index in [1.165, 1.54) is 36.9 Å². The van der Waals surface area contributed by atoms with E-state index in [2.05, 4.69) is 40.7 Å². The summed E-state index contributed by atoms with van der Waals surface area (Å²) in [5, 5.41) is 1.23. The molecule has 3 aliphatic rings. The molecule has 23 heavy (non-hydrogen) atoms. The molecule has 0 radical (unpaired) electrons. The van der Waals surface area contributed by atoms with Crippen LogP contribution in [0.4, 0.5) is 0 Å². The van der Waals surface area contributed by atoms with Crippen molar-refractivity contribution in [3.63, 3.8) is 0 Å². The molecule has 3 nitrogen and oxygen atoms in total. The molecule has 1 aromatic heterocycles. The number of ether oxygens (including phenoxy) is 1. The molecule has 2 bridgehead atoms. The Kier molecular flexibility index (Phi) is 3.82. The highest BCUT2D eigenvalue weighted by atomic mass is 16.5. The highest BCUT2D eigenvalue weighted by Crippen LogP contribution is 2.38. The maximum Gasteiger partial charge on any atom is 0.119 e. The van der Waals surface area contributed by atoms with Gasteiger partial charge in [-0.25, -0.2) is 0 Å². The molecular formula is C20H24N2O. The van der Waals surface area contributed by atoms with Crippen LogP contribution in [0.15, 0.2) is 43.1 Å². The molecule has 2 unspecified atom stereocenters. The summed E-state index contributed by atoms with van der Waals surface area (Å²) >= 11 is 0. The van der Waals surface area contributed by atoms with Crippen LogP contribution in [-0.4, -0.2) is 36.1 Å². The van der Waals surface area contributed by atoms with Crippen molar-refractivity contribution in [1.82, 2.24) is 9.88 Å². The zero-order chi connectivity index (χ0) is 15.8. The molecule has 0 aliphatic carbocycles. The molecule has 120 valence electrons. The molecule has 3 aliphatic heterocycles. The molecular weight excluding hydrogens is 284 g/mol. The van der Waals surface area contributed by atoms with Gasteiger partial charge in [-0.3, -0.25) is 9.88 Å². The van der Waals surface area contributed by atoms with E-state index in [0.29, 0.717) is 12.0 Å². The largest absolute Gasteiger partial charge is 0.497 e. The summed E-state index contributed by atoms with van der Waals surface area (Å²) in [4.78, 5) is 7.17. The van der Waals surface area contributed by atoms with E-state index in [1.54, 1.807) is 7.11 Å². The van der Waals surface area contributed by atoms with E-state index < -0.39 is 0 Å². The van der Waals surface area contributed by atoms with Gasteiger partial charge in [-0.05, 0) is 67.5 Å². The number of pyridine rings is 1. The highest BCUT2D eigenvalue weighted by Gasteiger charge is 2.38. The Morgan fingerprint density at radius 3 is 3.04 bits per heavy atom. The Morgan fingerprint density at radius 2 is 2.30 bits per heavy atom. The van der Waals surface area contributed by atoms with Crippen molar-refractivity contribution < 1.29 is 4.74 Å².